The fourth-order valence-electron chi connectivity index (χ4n) is 2.03. The van der Waals surface area contributed by atoms with E-state index in [0.717, 1.165) is 12.0 Å². The van der Waals surface area contributed by atoms with E-state index in [2.05, 4.69) is 0 Å². The van der Waals surface area contributed by atoms with Crippen LogP contribution in [0.25, 0.3) is 0 Å². The normalized spacial score (nSPS) is 10.8. The summed E-state index contributed by atoms with van der Waals surface area (Å²) in [4.78, 5) is 23.5. The van der Waals surface area contributed by atoms with Crippen LogP contribution in [-0.2, 0) is 13.1 Å². The summed E-state index contributed by atoms with van der Waals surface area (Å²) in [6.45, 7) is 4.82. The first-order valence-corrected chi connectivity index (χ1v) is 6.42. The van der Waals surface area contributed by atoms with E-state index in [9.17, 15) is 9.59 Å². The number of nitrogens with two attached hydrogens (primary N) is 1. The first-order valence-electron chi connectivity index (χ1n) is 6.42. The van der Waals surface area contributed by atoms with Crippen molar-refractivity contribution < 1.29 is 9.21 Å². The fourth-order valence-corrected chi connectivity index (χ4v) is 2.03. The summed E-state index contributed by atoms with van der Waals surface area (Å²) in [6.07, 6.45) is 4.39. The third-order valence-electron chi connectivity index (χ3n) is 3.10. The molecule has 0 aliphatic heterocycles. The van der Waals surface area contributed by atoms with E-state index in [0.29, 0.717) is 18.8 Å². The van der Waals surface area contributed by atoms with E-state index in [1.807, 2.05) is 12.3 Å². The van der Waals surface area contributed by atoms with E-state index in [-0.39, 0.29) is 11.4 Å². The molecule has 108 valence electrons. The van der Waals surface area contributed by atoms with Crippen molar-refractivity contribution in [2.45, 2.75) is 33.4 Å². The number of aromatic nitrogens is 2. The number of nitrogen functional groups attached to an aromatic ring is 1. The number of hydrogen-bond acceptors (Lipinski definition) is 4. The van der Waals surface area contributed by atoms with Crippen molar-refractivity contribution in [2.75, 3.05) is 0 Å². The number of carbonyl (C=O) groups excluding carboxylic acids is 1. The number of aryl methyl sites for hydroxylation is 2. The number of amides is 1. The van der Waals surface area contributed by atoms with Gasteiger partial charge in [-0.15, -0.1) is 0 Å². The largest absolute Gasteiger partial charge is 0.456 e. The van der Waals surface area contributed by atoms with E-state index in [1.165, 1.54) is 0 Å². The number of imidazole rings is 1. The zero-order chi connectivity index (χ0) is 14.7. The summed E-state index contributed by atoms with van der Waals surface area (Å²) in [7, 11) is 0. The Morgan fingerprint density at radius 1 is 1.40 bits per heavy atom. The van der Waals surface area contributed by atoms with Gasteiger partial charge in [0.1, 0.15) is 5.76 Å². The molecular weight excluding hydrogens is 260 g/mol. The molecule has 0 radical (unpaired) electrons. The number of furan rings is 1. The van der Waals surface area contributed by atoms with E-state index in [1.54, 1.807) is 34.5 Å². The minimum atomic E-state index is -0.491. The Bertz CT molecular complexity index is 665. The van der Waals surface area contributed by atoms with E-state index >= 15 is 0 Å². The molecule has 2 rings (SSSR count). The predicted molar refractivity (Wildman–Crippen MR) is 73.2 cm³/mol. The van der Waals surface area contributed by atoms with Gasteiger partial charge in [-0.05, 0) is 19.4 Å². The third kappa shape index (κ3) is 2.67. The van der Waals surface area contributed by atoms with Gasteiger partial charge < -0.3 is 4.42 Å². The lowest BCUT2D eigenvalue weighted by molar-refractivity contribution is 0.0924. The Morgan fingerprint density at radius 3 is 2.75 bits per heavy atom. The van der Waals surface area contributed by atoms with Crippen molar-refractivity contribution in [1.29, 1.82) is 0 Å². The van der Waals surface area contributed by atoms with Gasteiger partial charge in [0.05, 0.1) is 6.54 Å². The van der Waals surface area contributed by atoms with Gasteiger partial charge >= 0.3 is 11.6 Å². The van der Waals surface area contributed by atoms with E-state index < -0.39 is 5.91 Å². The minimum Gasteiger partial charge on any atom is -0.456 e. The SMILES string of the molecule is CCCn1ccn(Cc2cc(C(=O)NN)oc2C)c1=O. The van der Waals surface area contributed by atoms with Crippen LogP contribution in [0.1, 0.15) is 35.2 Å². The second-order valence-electron chi connectivity index (χ2n) is 4.57. The highest BCUT2D eigenvalue weighted by molar-refractivity contribution is 5.91. The van der Waals surface area contributed by atoms with Gasteiger partial charge in [-0.2, -0.15) is 0 Å². The topological polar surface area (TPSA) is 95.2 Å². The molecule has 0 aliphatic rings. The van der Waals surface area contributed by atoms with Crippen molar-refractivity contribution in [1.82, 2.24) is 14.6 Å². The Hall–Kier alpha value is -2.28. The molecule has 7 heteroatoms. The summed E-state index contributed by atoms with van der Waals surface area (Å²) in [6, 6.07) is 1.60. The van der Waals surface area contributed by atoms with Crippen LogP contribution in [0.2, 0.25) is 0 Å². The predicted octanol–water partition coefficient (Wildman–Crippen LogP) is 0.613. The molecule has 3 N–H and O–H groups in total. The van der Waals surface area contributed by atoms with Gasteiger partial charge in [-0.3, -0.25) is 19.4 Å². The Labute approximate surface area is 116 Å². The highest BCUT2D eigenvalue weighted by Crippen LogP contribution is 2.15. The van der Waals surface area contributed by atoms with E-state index in [4.69, 9.17) is 10.3 Å². The lowest BCUT2D eigenvalue weighted by Gasteiger charge is -2.00. The summed E-state index contributed by atoms with van der Waals surface area (Å²) < 4.78 is 8.56. The Morgan fingerprint density at radius 2 is 2.10 bits per heavy atom. The maximum Gasteiger partial charge on any atom is 0.328 e. The van der Waals surface area contributed by atoms with Gasteiger partial charge in [0.25, 0.3) is 0 Å². The molecular formula is C13H18N4O3. The van der Waals surface area contributed by atoms with Crippen LogP contribution in [-0.4, -0.2) is 15.0 Å². The lowest BCUT2D eigenvalue weighted by atomic mass is 10.2. The second kappa shape index (κ2) is 5.79. The molecule has 0 atom stereocenters. The van der Waals surface area contributed by atoms with Gasteiger partial charge in [0, 0.05) is 24.5 Å². The van der Waals surface area contributed by atoms with Crippen LogP contribution in [0.15, 0.2) is 27.7 Å². The molecule has 0 saturated carbocycles. The minimum absolute atomic E-state index is 0.0720. The molecule has 0 fully saturated rings. The number of rotatable bonds is 5. The Balaban J connectivity index is 2.24. The van der Waals surface area contributed by atoms with Crippen LogP contribution in [0.4, 0.5) is 0 Å². The van der Waals surface area contributed by atoms with Crippen LogP contribution >= 0.6 is 0 Å². The number of nitrogens with one attached hydrogen (secondary N) is 1. The van der Waals surface area contributed by atoms with Gasteiger partial charge in [-0.25, -0.2) is 10.6 Å². The van der Waals surface area contributed by atoms with Crippen molar-refractivity contribution in [3.8, 4) is 0 Å². The monoisotopic (exact) mass is 278 g/mol. The average Bonchev–Trinajstić information content (AvgIpc) is 2.96. The fraction of sp³-hybridized carbons (Fsp3) is 0.385. The first-order chi connectivity index (χ1) is 9.56. The number of hydrogen-bond donors (Lipinski definition) is 2. The van der Waals surface area contributed by atoms with Crippen LogP contribution in [0.3, 0.4) is 0 Å². The molecule has 2 aromatic rings. The number of nitrogens with zero attached hydrogens (tertiary/aromatic N) is 2. The third-order valence-corrected chi connectivity index (χ3v) is 3.10. The highest BCUT2D eigenvalue weighted by Gasteiger charge is 2.14. The molecule has 0 aromatic carbocycles. The zero-order valence-corrected chi connectivity index (χ0v) is 11.5. The number of hydrazine groups is 1. The number of carbonyl (C=O) groups is 1. The molecule has 0 saturated heterocycles. The van der Waals surface area contributed by atoms with Crippen LogP contribution in [0, 0.1) is 6.92 Å². The smallest absolute Gasteiger partial charge is 0.328 e. The molecule has 20 heavy (non-hydrogen) atoms. The molecule has 2 heterocycles. The first kappa shape index (κ1) is 14.1. The highest BCUT2D eigenvalue weighted by atomic mass is 16.4. The Kier molecular flexibility index (Phi) is 4.09. The van der Waals surface area contributed by atoms with Crippen LogP contribution in [0.5, 0.6) is 0 Å². The zero-order valence-electron chi connectivity index (χ0n) is 11.5. The summed E-state index contributed by atoms with van der Waals surface area (Å²) in [5.41, 5.74) is 2.72. The summed E-state index contributed by atoms with van der Waals surface area (Å²) in [5, 5.41) is 0. The van der Waals surface area contributed by atoms with Crippen molar-refractivity contribution >= 4 is 5.91 Å². The standard InChI is InChI=1S/C13H18N4O3/c1-3-4-16-5-6-17(13(16)19)8-10-7-11(12(18)15-14)20-9(10)2/h5-7H,3-4,8,14H2,1-2H3,(H,15,18). The molecule has 1 amide bonds. The molecule has 0 spiro atoms. The summed E-state index contributed by atoms with van der Waals surface area (Å²) in [5.74, 6) is 5.30. The molecule has 7 nitrogen and oxygen atoms in total. The average molecular weight is 278 g/mol. The maximum absolute atomic E-state index is 12.1. The molecule has 0 aliphatic carbocycles. The quantitative estimate of drug-likeness (QED) is 0.476. The van der Waals surface area contributed by atoms with Crippen LogP contribution < -0.4 is 17.0 Å². The van der Waals surface area contributed by atoms with Gasteiger partial charge in [0.15, 0.2) is 5.76 Å². The second-order valence-corrected chi connectivity index (χ2v) is 4.57. The van der Waals surface area contributed by atoms with Crippen molar-refractivity contribution in [3.63, 3.8) is 0 Å². The van der Waals surface area contributed by atoms with Crippen molar-refractivity contribution in [2.24, 2.45) is 5.84 Å². The van der Waals surface area contributed by atoms with Gasteiger partial charge in [0.2, 0.25) is 0 Å². The molecule has 0 unspecified atom stereocenters. The maximum atomic E-state index is 12.1. The molecule has 2 aromatic heterocycles. The lowest BCUT2D eigenvalue weighted by Crippen LogP contribution is -2.29. The summed E-state index contributed by atoms with van der Waals surface area (Å²) >= 11 is 0. The van der Waals surface area contributed by atoms with Crippen molar-refractivity contribution in [3.05, 3.63) is 46.0 Å². The molecule has 0 bridgehead atoms. The van der Waals surface area contributed by atoms with Gasteiger partial charge in [-0.1, -0.05) is 6.92 Å².